The maximum atomic E-state index is 12.5. The van der Waals surface area contributed by atoms with E-state index in [1.54, 1.807) is 0 Å². The van der Waals surface area contributed by atoms with E-state index in [4.69, 9.17) is 9.84 Å². The van der Waals surface area contributed by atoms with Gasteiger partial charge in [0.15, 0.2) is 0 Å². The maximum absolute atomic E-state index is 12.5. The van der Waals surface area contributed by atoms with Gasteiger partial charge < -0.3 is 20.1 Å². The number of nitrogens with one attached hydrogen (secondary N) is 1. The molecule has 1 fully saturated rings. The van der Waals surface area contributed by atoms with Crippen LogP contribution < -0.4 is 5.32 Å². The van der Waals surface area contributed by atoms with Crippen LogP contribution in [0.1, 0.15) is 13.8 Å². The fraction of sp³-hybridized carbons (Fsp3) is 0.750. The van der Waals surface area contributed by atoms with Crippen LogP contribution in [0.4, 0.5) is 4.79 Å². The Morgan fingerprint density at radius 3 is 2.70 bits per heavy atom. The molecule has 0 radical (unpaired) electrons. The number of carbonyl (C=O) groups is 3. The Bertz CT molecular complexity index is 385. The predicted octanol–water partition coefficient (Wildman–Crippen LogP) is -0.652. The number of hydrogen-bond donors (Lipinski definition) is 2. The molecule has 1 rings (SSSR count). The molecule has 0 aromatic carbocycles. The summed E-state index contributed by atoms with van der Waals surface area (Å²) in [6.45, 7) is 4.03. The molecule has 3 amide bonds. The first-order valence-electron chi connectivity index (χ1n) is 6.44. The second-order valence-corrected chi connectivity index (χ2v) is 4.85. The highest BCUT2D eigenvalue weighted by molar-refractivity contribution is 5.90. The van der Waals surface area contributed by atoms with E-state index in [0.717, 1.165) is 4.90 Å². The Balaban J connectivity index is 2.87. The van der Waals surface area contributed by atoms with Crippen LogP contribution in [-0.4, -0.2) is 78.2 Å². The summed E-state index contributed by atoms with van der Waals surface area (Å²) in [7, 11) is 1.53. The van der Waals surface area contributed by atoms with Crippen LogP contribution in [0.2, 0.25) is 0 Å². The van der Waals surface area contributed by atoms with E-state index in [9.17, 15) is 14.4 Å². The number of urea groups is 1. The maximum Gasteiger partial charge on any atom is 0.328 e. The predicted molar refractivity (Wildman–Crippen MR) is 70.3 cm³/mol. The number of carboxylic acids is 1. The summed E-state index contributed by atoms with van der Waals surface area (Å²) in [5.41, 5.74) is 0. The molecule has 0 aromatic rings. The van der Waals surface area contributed by atoms with E-state index in [2.05, 4.69) is 5.32 Å². The van der Waals surface area contributed by atoms with E-state index >= 15 is 0 Å². The van der Waals surface area contributed by atoms with E-state index in [-0.39, 0.29) is 25.0 Å². The van der Waals surface area contributed by atoms with Crippen molar-refractivity contribution in [1.29, 1.82) is 0 Å². The molecule has 1 atom stereocenters. The first kappa shape index (κ1) is 16.2. The summed E-state index contributed by atoms with van der Waals surface area (Å²) in [4.78, 5) is 37.7. The van der Waals surface area contributed by atoms with Crippen LogP contribution in [0.3, 0.4) is 0 Å². The van der Waals surface area contributed by atoms with Crippen molar-refractivity contribution in [2.75, 3.05) is 33.4 Å². The molecule has 0 bridgehead atoms. The number of piperazine rings is 1. The van der Waals surface area contributed by atoms with Crippen molar-refractivity contribution in [2.24, 2.45) is 0 Å². The molecule has 114 valence electrons. The second-order valence-electron chi connectivity index (χ2n) is 4.85. The molecule has 1 aliphatic heterocycles. The average molecular weight is 287 g/mol. The number of nitrogens with zero attached hydrogens (tertiary/aromatic N) is 2. The summed E-state index contributed by atoms with van der Waals surface area (Å²) in [5.74, 6) is -1.49. The summed E-state index contributed by atoms with van der Waals surface area (Å²) in [6.07, 6.45) is 0. The summed E-state index contributed by atoms with van der Waals surface area (Å²) >= 11 is 0. The molecule has 1 saturated heterocycles. The number of rotatable bonds is 5. The monoisotopic (exact) mass is 287 g/mol. The van der Waals surface area contributed by atoms with Crippen molar-refractivity contribution >= 4 is 17.9 Å². The van der Waals surface area contributed by atoms with Crippen LogP contribution in [0.15, 0.2) is 0 Å². The number of aliphatic carboxylic acids is 1. The highest BCUT2D eigenvalue weighted by Gasteiger charge is 2.37. The van der Waals surface area contributed by atoms with E-state index < -0.39 is 18.0 Å². The minimum atomic E-state index is -1.13. The number of ether oxygens (including phenoxy) is 1. The lowest BCUT2D eigenvalue weighted by Gasteiger charge is -2.38. The average Bonchev–Trinajstić information content (AvgIpc) is 2.38. The van der Waals surface area contributed by atoms with Crippen LogP contribution in [0.25, 0.3) is 0 Å². The van der Waals surface area contributed by atoms with Gasteiger partial charge in [0.05, 0.1) is 6.61 Å². The third kappa shape index (κ3) is 3.83. The fourth-order valence-corrected chi connectivity index (χ4v) is 1.99. The summed E-state index contributed by atoms with van der Waals surface area (Å²) in [5, 5.41) is 11.6. The first-order valence-corrected chi connectivity index (χ1v) is 6.44. The summed E-state index contributed by atoms with van der Waals surface area (Å²) in [6, 6.07) is -1.61. The molecule has 0 spiro atoms. The van der Waals surface area contributed by atoms with E-state index in [1.807, 2.05) is 13.8 Å². The van der Waals surface area contributed by atoms with Gasteiger partial charge in [-0.3, -0.25) is 9.69 Å². The topological polar surface area (TPSA) is 99.2 Å². The molecule has 0 aliphatic carbocycles. The van der Waals surface area contributed by atoms with Gasteiger partial charge in [0.2, 0.25) is 5.91 Å². The quantitative estimate of drug-likeness (QED) is 0.700. The van der Waals surface area contributed by atoms with Gasteiger partial charge >= 0.3 is 12.0 Å². The van der Waals surface area contributed by atoms with Crippen LogP contribution in [0, 0.1) is 0 Å². The SMILES string of the molecule is COCCN(C(=O)N1CC(=O)NCC1C(=O)O)C(C)C. The number of hydrogen-bond acceptors (Lipinski definition) is 4. The van der Waals surface area contributed by atoms with Crippen molar-refractivity contribution in [3.8, 4) is 0 Å². The third-order valence-corrected chi connectivity index (χ3v) is 3.12. The van der Waals surface area contributed by atoms with Crippen molar-refractivity contribution in [1.82, 2.24) is 15.1 Å². The van der Waals surface area contributed by atoms with Gasteiger partial charge in [-0.2, -0.15) is 0 Å². The third-order valence-electron chi connectivity index (χ3n) is 3.12. The fourth-order valence-electron chi connectivity index (χ4n) is 1.99. The van der Waals surface area contributed by atoms with Gasteiger partial charge in [0.25, 0.3) is 0 Å². The van der Waals surface area contributed by atoms with Gasteiger partial charge in [0.1, 0.15) is 12.6 Å². The first-order chi connectivity index (χ1) is 9.38. The largest absolute Gasteiger partial charge is 0.480 e. The normalized spacial score (nSPS) is 18.9. The Morgan fingerprint density at radius 1 is 1.55 bits per heavy atom. The lowest BCUT2D eigenvalue weighted by atomic mass is 10.2. The molecule has 20 heavy (non-hydrogen) atoms. The highest BCUT2D eigenvalue weighted by atomic mass is 16.5. The van der Waals surface area contributed by atoms with Gasteiger partial charge in [-0.1, -0.05) is 0 Å². The number of amides is 3. The smallest absolute Gasteiger partial charge is 0.328 e. The van der Waals surface area contributed by atoms with Gasteiger partial charge in [-0.25, -0.2) is 9.59 Å². The minimum Gasteiger partial charge on any atom is -0.480 e. The Hall–Kier alpha value is -1.83. The molecule has 1 unspecified atom stereocenters. The van der Waals surface area contributed by atoms with Crippen LogP contribution in [-0.2, 0) is 14.3 Å². The number of carboxylic acid groups (broad SMARTS) is 1. The van der Waals surface area contributed by atoms with Gasteiger partial charge in [-0.05, 0) is 13.8 Å². The van der Waals surface area contributed by atoms with Crippen molar-refractivity contribution in [2.45, 2.75) is 25.9 Å². The van der Waals surface area contributed by atoms with Crippen LogP contribution >= 0.6 is 0 Å². The van der Waals surface area contributed by atoms with Crippen molar-refractivity contribution in [3.63, 3.8) is 0 Å². The molecular formula is C12H21N3O5. The lowest BCUT2D eigenvalue weighted by Crippen LogP contribution is -2.62. The highest BCUT2D eigenvalue weighted by Crippen LogP contribution is 2.11. The molecule has 0 saturated carbocycles. The van der Waals surface area contributed by atoms with Crippen molar-refractivity contribution in [3.05, 3.63) is 0 Å². The van der Waals surface area contributed by atoms with E-state index in [0.29, 0.717) is 13.2 Å². The lowest BCUT2D eigenvalue weighted by molar-refractivity contribution is -0.144. The molecule has 0 aromatic heterocycles. The zero-order valence-corrected chi connectivity index (χ0v) is 12.0. The van der Waals surface area contributed by atoms with Gasteiger partial charge in [0, 0.05) is 26.2 Å². The molecule has 1 heterocycles. The van der Waals surface area contributed by atoms with Crippen LogP contribution in [0.5, 0.6) is 0 Å². The molecule has 8 nitrogen and oxygen atoms in total. The minimum absolute atomic E-state index is 0.0733. The zero-order valence-electron chi connectivity index (χ0n) is 12.0. The molecule has 1 aliphatic rings. The van der Waals surface area contributed by atoms with E-state index in [1.165, 1.54) is 12.0 Å². The molecular weight excluding hydrogens is 266 g/mol. The van der Waals surface area contributed by atoms with Gasteiger partial charge in [-0.15, -0.1) is 0 Å². The zero-order chi connectivity index (χ0) is 15.3. The Morgan fingerprint density at radius 2 is 2.20 bits per heavy atom. The number of carbonyl (C=O) groups excluding carboxylic acids is 2. The molecule has 8 heteroatoms. The Labute approximate surface area is 117 Å². The number of methoxy groups -OCH3 is 1. The summed E-state index contributed by atoms with van der Waals surface area (Å²) < 4.78 is 4.95. The second kappa shape index (κ2) is 7.09. The standard InChI is InChI=1S/C12H21N3O5/c1-8(2)14(4-5-20-3)12(19)15-7-10(16)13-6-9(15)11(17)18/h8-9H,4-7H2,1-3H3,(H,13,16)(H,17,18). The Kier molecular flexibility index (Phi) is 5.75. The van der Waals surface area contributed by atoms with Crippen molar-refractivity contribution < 1.29 is 24.2 Å². The molecule has 2 N–H and O–H groups in total.